The molecular weight excluding hydrogens is 386 g/mol. The van der Waals surface area contributed by atoms with Crippen LogP contribution in [0.2, 0.25) is 0 Å². The van der Waals surface area contributed by atoms with E-state index in [4.69, 9.17) is 0 Å². The van der Waals surface area contributed by atoms with E-state index >= 15 is 0 Å². The highest BCUT2D eigenvalue weighted by atomic mass is 16.2. The quantitative estimate of drug-likeness (QED) is 0.474. The molecule has 0 fully saturated rings. The zero-order valence-electron chi connectivity index (χ0n) is 17.7. The number of hydrogen-bond donors (Lipinski definition) is 1. The maximum absolute atomic E-state index is 13.3. The molecule has 1 N–H and O–H groups in total. The summed E-state index contributed by atoms with van der Waals surface area (Å²) in [6, 6.07) is 24.6. The Morgan fingerprint density at radius 2 is 1.58 bits per heavy atom. The summed E-state index contributed by atoms with van der Waals surface area (Å²) in [4.78, 5) is 26.3. The fraction of sp³-hybridized carbons (Fsp3) is 0.192. The van der Waals surface area contributed by atoms with Gasteiger partial charge in [-0.25, -0.2) is 4.68 Å². The average Bonchev–Trinajstić information content (AvgIpc) is 2.81. The highest BCUT2D eigenvalue weighted by Gasteiger charge is 2.19. The molecule has 0 aliphatic heterocycles. The summed E-state index contributed by atoms with van der Waals surface area (Å²) in [7, 11) is 0. The van der Waals surface area contributed by atoms with Gasteiger partial charge in [0.05, 0.1) is 11.9 Å². The molecule has 0 unspecified atom stereocenters. The first-order chi connectivity index (χ1) is 15.1. The van der Waals surface area contributed by atoms with Crippen molar-refractivity contribution in [3.63, 3.8) is 0 Å². The monoisotopic (exact) mass is 411 g/mol. The number of carbonyl (C=O) groups is 1. The molecule has 1 heterocycles. The third kappa shape index (κ3) is 4.26. The molecule has 0 radical (unpaired) electrons. The largest absolute Gasteiger partial charge is 0.320 e. The van der Waals surface area contributed by atoms with E-state index in [0.717, 1.165) is 23.2 Å². The maximum atomic E-state index is 13.3. The summed E-state index contributed by atoms with van der Waals surface area (Å²) in [5, 5.41) is 8.54. The number of hydrogen-bond acceptors (Lipinski definition) is 3. The molecule has 0 spiro atoms. The van der Waals surface area contributed by atoms with E-state index in [9.17, 15) is 9.59 Å². The van der Waals surface area contributed by atoms with E-state index in [0.29, 0.717) is 23.2 Å². The average molecular weight is 412 g/mol. The molecule has 4 rings (SSSR count). The first-order valence-corrected chi connectivity index (χ1v) is 10.5. The van der Waals surface area contributed by atoms with Crippen LogP contribution in [0.25, 0.3) is 10.8 Å². The Labute approximate surface area is 181 Å². The SMILES string of the molecule is CC[C@@H](C)c1ccccc1NC(=O)c1nn(Cc2ccccc2)c(=O)c2ccccc12. The Morgan fingerprint density at radius 3 is 2.32 bits per heavy atom. The third-order valence-electron chi connectivity index (χ3n) is 5.61. The lowest BCUT2D eigenvalue weighted by Crippen LogP contribution is -2.28. The van der Waals surface area contributed by atoms with Crippen LogP contribution in [-0.2, 0) is 6.54 Å². The van der Waals surface area contributed by atoms with Crippen LogP contribution in [0.15, 0.2) is 83.7 Å². The molecule has 0 saturated heterocycles. The van der Waals surface area contributed by atoms with Crippen molar-refractivity contribution in [2.45, 2.75) is 32.7 Å². The van der Waals surface area contributed by atoms with Gasteiger partial charge in [0, 0.05) is 11.1 Å². The van der Waals surface area contributed by atoms with E-state index < -0.39 is 0 Å². The van der Waals surface area contributed by atoms with Crippen LogP contribution in [-0.4, -0.2) is 15.7 Å². The Balaban J connectivity index is 1.78. The fourth-order valence-corrected chi connectivity index (χ4v) is 3.71. The normalized spacial score (nSPS) is 11.9. The van der Waals surface area contributed by atoms with E-state index in [1.807, 2.05) is 60.7 Å². The van der Waals surface area contributed by atoms with Crippen molar-refractivity contribution in [2.24, 2.45) is 0 Å². The van der Waals surface area contributed by atoms with Gasteiger partial charge in [0.1, 0.15) is 0 Å². The van der Waals surface area contributed by atoms with E-state index in [1.54, 1.807) is 18.2 Å². The number of benzene rings is 3. The Kier molecular flexibility index (Phi) is 5.94. The van der Waals surface area contributed by atoms with Crippen LogP contribution in [0.4, 0.5) is 5.69 Å². The summed E-state index contributed by atoms with van der Waals surface area (Å²) >= 11 is 0. The maximum Gasteiger partial charge on any atom is 0.276 e. The lowest BCUT2D eigenvalue weighted by Gasteiger charge is -2.16. The van der Waals surface area contributed by atoms with Gasteiger partial charge in [0.25, 0.3) is 11.5 Å². The van der Waals surface area contributed by atoms with Crippen LogP contribution in [0.1, 0.15) is 47.8 Å². The van der Waals surface area contributed by atoms with Crippen molar-refractivity contribution >= 4 is 22.4 Å². The van der Waals surface area contributed by atoms with Crippen LogP contribution in [0, 0.1) is 0 Å². The van der Waals surface area contributed by atoms with E-state index in [2.05, 4.69) is 24.3 Å². The standard InChI is InChI=1S/C26H25N3O2/c1-3-18(2)20-13-9-10-16-23(20)27-25(30)24-21-14-7-8-15-22(21)26(31)29(28-24)17-19-11-5-4-6-12-19/h4-16,18H,3,17H2,1-2H3,(H,27,30)/t18-/m1/s1. The number of nitrogens with one attached hydrogen (secondary N) is 1. The van der Waals surface area contributed by atoms with Crippen LogP contribution in [0.3, 0.4) is 0 Å². The number of nitrogens with zero attached hydrogens (tertiary/aromatic N) is 2. The number of anilines is 1. The minimum Gasteiger partial charge on any atom is -0.320 e. The third-order valence-corrected chi connectivity index (χ3v) is 5.61. The van der Waals surface area contributed by atoms with Gasteiger partial charge in [0.15, 0.2) is 5.69 Å². The number of fused-ring (bicyclic) bond motifs is 1. The summed E-state index contributed by atoms with van der Waals surface area (Å²) in [6.07, 6.45) is 0.968. The molecular formula is C26H25N3O2. The molecule has 0 aliphatic rings. The first kappa shape index (κ1) is 20.5. The number of rotatable bonds is 6. The first-order valence-electron chi connectivity index (χ1n) is 10.5. The minimum absolute atomic E-state index is 0.212. The molecule has 4 aromatic rings. The summed E-state index contributed by atoms with van der Waals surface area (Å²) in [5.41, 5.74) is 2.83. The number of aromatic nitrogens is 2. The Morgan fingerprint density at radius 1 is 0.935 bits per heavy atom. The van der Waals surface area contributed by atoms with Gasteiger partial charge >= 0.3 is 0 Å². The molecule has 0 saturated carbocycles. The lowest BCUT2D eigenvalue weighted by molar-refractivity contribution is 0.102. The van der Waals surface area contributed by atoms with Crippen molar-refractivity contribution in [1.29, 1.82) is 0 Å². The molecule has 1 aromatic heterocycles. The van der Waals surface area contributed by atoms with Crippen molar-refractivity contribution in [1.82, 2.24) is 9.78 Å². The van der Waals surface area contributed by atoms with Crippen molar-refractivity contribution in [3.05, 3.63) is 106 Å². The highest BCUT2D eigenvalue weighted by Crippen LogP contribution is 2.27. The van der Waals surface area contributed by atoms with Gasteiger partial charge in [-0.2, -0.15) is 5.10 Å². The van der Waals surface area contributed by atoms with Crippen LogP contribution >= 0.6 is 0 Å². The zero-order chi connectivity index (χ0) is 21.8. The Hall–Kier alpha value is -3.73. The van der Waals surface area contributed by atoms with Crippen molar-refractivity contribution < 1.29 is 4.79 Å². The minimum atomic E-state index is -0.325. The van der Waals surface area contributed by atoms with Gasteiger partial charge < -0.3 is 5.32 Å². The molecule has 5 nitrogen and oxygen atoms in total. The van der Waals surface area contributed by atoms with E-state index in [1.165, 1.54) is 4.68 Å². The van der Waals surface area contributed by atoms with Gasteiger partial charge in [-0.05, 0) is 35.6 Å². The van der Waals surface area contributed by atoms with Crippen LogP contribution in [0.5, 0.6) is 0 Å². The fourth-order valence-electron chi connectivity index (χ4n) is 3.71. The van der Waals surface area contributed by atoms with Gasteiger partial charge in [-0.15, -0.1) is 0 Å². The molecule has 31 heavy (non-hydrogen) atoms. The Bertz CT molecular complexity index is 1280. The summed E-state index contributed by atoms with van der Waals surface area (Å²) in [6.45, 7) is 4.56. The molecule has 0 aliphatic carbocycles. The number of amides is 1. The van der Waals surface area contributed by atoms with Crippen molar-refractivity contribution in [3.8, 4) is 0 Å². The van der Waals surface area contributed by atoms with Crippen LogP contribution < -0.4 is 10.9 Å². The number of carbonyl (C=O) groups excluding carboxylic acids is 1. The smallest absolute Gasteiger partial charge is 0.276 e. The van der Waals surface area contributed by atoms with E-state index in [-0.39, 0.29) is 17.2 Å². The van der Waals surface area contributed by atoms with Crippen molar-refractivity contribution in [2.75, 3.05) is 5.32 Å². The summed E-state index contributed by atoms with van der Waals surface area (Å²) < 4.78 is 1.37. The number of para-hydroxylation sites is 1. The topological polar surface area (TPSA) is 64.0 Å². The highest BCUT2D eigenvalue weighted by molar-refractivity contribution is 6.11. The predicted octanol–water partition coefficient (Wildman–Crippen LogP) is 5.21. The zero-order valence-corrected chi connectivity index (χ0v) is 17.7. The molecule has 1 atom stereocenters. The second-order valence-corrected chi connectivity index (χ2v) is 7.69. The molecule has 3 aromatic carbocycles. The summed E-state index contributed by atoms with van der Waals surface area (Å²) in [5.74, 6) is -0.0120. The molecule has 5 heteroatoms. The second kappa shape index (κ2) is 8.96. The lowest BCUT2D eigenvalue weighted by atomic mass is 9.97. The second-order valence-electron chi connectivity index (χ2n) is 7.69. The molecule has 156 valence electrons. The van der Waals surface area contributed by atoms with Gasteiger partial charge in [-0.1, -0.05) is 80.6 Å². The van der Waals surface area contributed by atoms with Gasteiger partial charge in [-0.3, -0.25) is 9.59 Å². The molecule has 1 amide bonds. The molecule has 0 bridgehead atoms. The van der Waals surface area contributed by atoms with Gasteiger partial charge in [0.2, 0.25) is 0 Å². The predicted molar refractivity (Wildman–Crippen MR) is 125 cm³/mol.